The van der Waals surface area contributed by atoms with Crippen molar-refractivity contribution in [1.82, 2.24) is 24.7 Å². The van der Waals surface area contributed by atoms with Crippen LogP contribution in [0.4, 0.5) is 19.0 Å². The summed E-state index contributed by atoms with van der Waals surface area (Å²) in [5, 5.41) is 17.1. The number of anilines is 1. The van der Waals surface area contributed by atoms with E-state index in [2.05, 4.69) is 22.1 Å². The van der Waals surface area contributed by atoms with E-state index in [1.807, 2.05) is 11.0 Å². The van der Waals surface area contributed by atoms with Gasteiger partial charge in [-0.2, -0.15) is 13.2 Å². The van der Waals surface area contributed by atoms with Gasteiger partial charge in [-0.15, -0.1) is 21.5 Å². The van der Waals surface area contributed by atoms with Crippen LogP contribution in [0.5, 0.6) is 5.75 Å². The monoisotopic (exact) mass is 518 g/mol. The van der Waals surface area contributed by atoms with Gasteiger partial charge in [0.05, 0.1) is 17.5 Å². The summed E-state index contributed by atoms with van der Waals surface area (Å²) in [6, 6.07) is 8.15. The van der Waals surface area contributed by atoms with Crippen molar-refractivity contribution in [3.63, 3.8) is 0 Å². The number of rotatable bonds is 7. The SMILES string of the molecule is CCCc1cc2c(N3CCn4c(nnc4C(F)(F)F)C3)nc(COc3cccc(C(=O)O)c3)nc2s1. The maximum atomic E-state index is 13.3. The van der Waals surface area contributed by atoms with Gasteiger partial charge in [-0.25, -0.2) is 14.8 Å². The minimum atomic E-state index is -4.57. The quantitative estimate of drug-likeness (QED) is 0.380. The number of thiophene rings is 1. The molecule has 1 N–H and O–H groups in total. The van der Waals surface area contributed by atoms with Crippen LogP contribution in [0.15, 0.2) is 30.3 Å². The number of benzene rings is 1. The van der Waals surface area contributed by atoms with E-state index in [1.165, 1.54) is 12.1 Å². The van der Waals surface area contributed by atoms with Crippen molar-refractivity contribution in [2.24, 2.45) is 0 Å². The molecule has 0 fully saturated rings. The van der Waals surface area contributed by atoms with E-state index in [-0.39, 0.29) is 31.1 Å². The first kappa shape index (κ1) is 24.0. The summed E-state index contributed by atoms with van der Waals surface area (Å²) in [4.78, 5) is 24.3. The Balaban J connectivity index is 1.46. The number of aromatic nitrogens is 5. The number of nitrogens with zero attached hydrogens (tertiary/aromatic N) is 6. The molecule has 1 aromatic carbocycles. The minimum Gasteiger partial charge on any atom is -0.486 e. The third-order valence-corrected chi connectivity index (χ3v) is 6.81. The number of ether oxygens (including phenoxy) is 1. The van der Waals surface area contributed by atoms with E-state index in [0.29, 0.717) is 23.9 Å². The van der Waals surface area contributed by atoms with Crippen molar-refractivity contribution in [2.75, 3.05) is 11.4 Å². The van der Waals surface area contributed by atoms with Gasteiger partial charge in [0.1, 0.15) is 23.0 Å². The van der Waals surface area contributed by atoms with E-state index in [4.69, 9.17) is 9.72 Å². The molecule has 13 heteroatoms. The summed E-state index contributed by atoms with van der Waals surface area (Å²) in [5.74, 6) is -0.501. The number of fused-ring (bicyclic) bond motifs is 2. The third kappa shape index (κ3) is 4.70. The van der Waals surface area contributed by atoms with E-state index < -0.39 is 18.0 Å². The molecule has 5 rings (SSSR count). The molecule has 36 heavy (non-hydrogen) atoms. The van der Waals surface area contributed by atoms with Crippen LogP contribution in [-0.4, -0.2) is 42.4 Å². The zero-order valence-electron chi connectivity index (χ0n) is 19.1. The van der Waals surface area contributed by atoms with Gasteiger partial charge in [0.2, 0.25) is 5.82 Å². The van der Waals surface area contributed by atoms with Crippen LogP contribution >= 0.6 is 11.3 Å². The first-order valence-corrected chi connectivity index (χ1v) is 12.0. The van der Waals surface area contributed by atoms with Gasteiger partial charge in [0, 0.05) is 18.0 Å². The Hall–Kier alpha value is -3.74. The predicted molar refractivity (Wildman–Crippen MR) is 125 cm³/mol. The van der Waals surface area contributed by atoms with Crippen LogP contribution in [0.3, 0.4) is 0 Å². The lowest BCUT2D eigenvalue weighted by molar-refractivity contribution is -0.147. The van der Waals surface area contributed by atoms with E-state index in [9.17, 15) is 23.1 Å². The largest absolute Gasteiger partial charge is 0.486 e. The summed E-state index contributed by atoms with van der Waals surface area (Å²) in [5.41, 5.74) is 0.0997. The molecule has 0 saturated heterocycles. The number of hydrogen-bond donors (Lipinski definition) is 1. The summed E-state index contributed by atoms with van der Waals surface area (Å²) >= 11 is 1.54. The first-order valence-electron chi connectivity index (χ1n) is 11.2. The molecule has 0 bridgehead atoms. The van der Waals surface area contributed by atoms with Gasteiger partial charge >= 0.3 is 12.1 Å². The van der Waals surface area contributed by atoms with Crippen molar-refractivity contribution in [1.29, 1.82) is 0 Å². The van der Waals surface area contributed by atoms with Gasteiger partial charge in [-0.1, -0.05) is 19.4 Å². The Kier molecular flexibility index (Phi) is 6.24. The number of carbonyl (C=O) groups is 1. The molecule has 0 unspecified atom stereocenters. The lowest BCUT2D eigenvalue weighted by Crippen LogP contribution is -2.36. The Morgan fingerprint density at radius 1 is 1.19 bits per heavy atom. The molecule has 0 amide bonds. The highest BCUT2D eigenvalue weighted by Crippen LogP contribution is 2.35. The molecule has 0 spiro atoms. The van der Waals surface area contributed by atoms with Crippen molar-refractivity contribution < 1.29 is 27.8 Å². The molecule has 9 nitrogen and oxygen atoms in total. The van der Waals surface area contributed by atoms with Gasteiger partial charge in [0.15, 0.2) is 11.6 Å². The van der Waals surface area contributed by atoms with Crippen molar-refractivity contribution in [3.8, 4) is 5.75 Å². The summed E-state index contributed by atoms with van der Waals surface area (Å²) < 4.78 is 46.6. The van der Waals surface area contributed by atoms with Crippen LogP contribution in [-0.2, 0) is 32.3 Å². The Morgan fingerprint density at radius 2 is 2.03 bits per heavy atom. The molecule has 1 aliphatic rings. The number of carboxylic acids is 1. The highest BCUT2D eigenvalue weighted by molar-refractivity contribution is 7.18. The number of carboxylic acid groups (broad SMARTS) is 1. The fraction of sp³-hybridized carbons (Fsp3) is 0.348. The summed E-state index contributed by atoms with van der Waals surface area (Å²) in [6.45, 7) is 2.56. The number of aryl methyl sites for hydroxylation is 1. The predicted octanol–water partition coefficient (Wildman–Crippen LogP) is 4.55. The molecule has 0 saturated carbocycles. The lowest BCUT2D eigenvalue weighted by atomic mass is 10.2. The van der Waals surface area contributed by atoms with Crippen molar-refractivity contribution in [2.45, 2.75) is 45.6 Å². The lowest BCUT2D eigenvalue weighted by Gasteiger charge is -2.29. The van der Waals surface area contributed by atoms with Crippen LogP contribution in [0, 0.1) is 0 Å². The van der Waals surface area contributed by atoms with Gasteiger partial charge < -0.3 is 19.3 Å². The van der Waals surface area contributed by atoms with Crippen molar-refractivity contribution in [3.05, 3.63) is 58.2 Å². The zero-order valence-corrected chi connectivity index (χ0v) is 19.9. The maximum Gasteiger partial charge on any atom is 0.451 e. The molecule has 1 aliphatic heterocycles. The molecule has 0 aliphatic carbocycles. The van der Waals surface area contributed by atoms with Crippen LogP contribution < -0.4 is 9.64 Å². The molecule has 4 aromatic rings. The number of hydrogen-bond acceptors (Lipinski definition) is 8. The minimum absolute atomic E-state index is 0.00469. The average molecular weight is 519 g/mol. The molecule has 0 atom stereocenters. The number of alkyl halides is 3. The van der Waals surface area contributed by atoms with Crippen LogP contribution in [0.2, 0.25) is 0 Å². The zero-order chi connectivity index (χ0) is 25.4. The topological polar surface area (TPSA) is 106 Å². The highest BCUT2D eigenvalue weighted by atomic mass is 32.1. The molecular formula is C23H21F3N6O3S. The fourth-order valence-electron chi connectivity index (χ4n) is 4.09. The summed E-state index contributed by atoms with van der Waals surface area (Å²) in [7, 11) is 0. The first-order chi connectivity index (χ1) is 17.2. The van der Waals surface area contributed by atoms with E-state index in [1.54, 1.807) is 23.5 Å². The Labute approximate surface area is 207 Å². The van der Waals surface area contributed by atoms with E-state index in [0.717, 1.165) is 32.5 Å². The summed E-state index contributed by atoms with van der Waals surface area (Å²) in [6.07, 6.45) is -2.74. The fourth-order valence-corrected chi connectivity index (χ4v) is 5.23. The second-order valence-corrected chi connectivity index (χ2v) is 9.39. The van der Waals surface area contributed by atoms with Crippen LogP contribution in [0.25, 0.3) is 10.2 Å². The molecule has 3 aromatic heterocycles. The molecular weight excluding hydrogens is 497 g/mol. The maximum absolute atomic E-state index is 13.3. The number of halogens is 3. The molecule has 0 radical (unpaired) electrons. The third-order valence-electron chi connectivity index (χ3n) is 5.72. The number of aromatic carboxylic acids is 1. The smallest absolute Gasteiger partial charge is 0.451 e. The highest BCUT2D eigenvalue weighted by Gasteiger charge is 2.39. The molecule has 4 heterocycles. The van der Waals surface area contributed by atoms with Gasteiger partial charge in [-0.05, 0) is 30.7 Å². The van der Waals surface area contributed by atoms with Crippen molar-refractivity contribution >= 4 is 33.3 Å². The molecule has 188 valence electrons. The van der Waals surface area contributed by atoms with E-state index >= 15 is 0 Å². The van der Waals surface area contributed by atoms with Crippen LogP contribution in [0.1, 0.15) is 46.1 Å². The normalized spacial score (nSPS) is 13.7. The Morgan fingerprint density at radius 3 is 2.78 bits per heavy atom. The Bertz CT molecular complexity index is 1430. The standard InChI is InChI=1S/C23H21F3N6O3S/c1-2-4-15-10-16-19(31-7-8-32-18(11-31)29-30-22(32)23(24,25)26)27-17(28-20(16)36-15)12-35-14-6-3-5-13(9-14)21(33)34/h3,5-6,9-10H,2,4,7-8,11-12H2,1H3,(H,33,34). The van der Waals surface area contributed by atoms with Gasteiger partial charge in [-0.3, -0.25) is 0 Å². The van der Waals surface area contributed by atoms with Gasteiger partial charge in [0.25, 0.3) is 0 Å². The second kappa shape index (κ2) is 9.37. The second-order valence-electron chi connectivity index (χ2n) is 8.28. The average Bonchev–Trinajstić information content (AvgIpc) is 3.46.